The van der Waals surface area contributed by atoms with Gasteiger partial charge < -0.3 is 4.74 Å². The molecule has 0 amide bonds. The van der Waals surface area contributed by atoms with Crippen LogP contribution in [0.2, 0.25) is 0 Å². The zero-order valence-electron chi connectivity index (χ0n) is 20.5. The molecule has 0 rings (SSSR count). The summed E-state index contributed by atoms with van der Waals surface area (Å²) in [6.45, 7) is 8.82. The number of hydrogen-bond acceptors (Lipinski definition) is 2. The molecule has 0 radical (unpaired) electrons. The van der Waals surface area contributed by atoms with Gasteiger partial charge in [0, 0.05) is 0 Å². The summed E-state index contributed by atoms with van der Waals surface area (Å²) >= 11 is 0. The Labute approximate surface area is 192 Å². The van der Waals surface area contributed by atoms with Crippen molar-refractivity contribution in [1.29, 1.82) is 0 Å². The van der Waals surface area contributed by atoms with Gasteiger partial charge in [-0.2, -0.15) is 0 Å². The lowest BCUT2D eigenvalue weighted by Gasteiger charge is -2.29. The first-order valence-electron chi connectivity index (χ1n) is 12.2. The van der Waals surface area contributed by atoms with Gasteiger partial charge in [-0.1, -0.05) is 93.7 Å². The van der Waals surface area contributed by atoms with E-state index in [2.05, 4.69) is 93.7 Å². The molecule has 0 heterocycles. The van der Waals surface area contributed by atoms with Gasteiger partial charge >= 0.3 is 5.97 Å². The Morgan fingerprint density at radius 3 is 1.35 bits per heavy atom. The van der Waals surface area contributed by atoms with E-state index in [4.69, 9.17) is 4.74 Å². The summed E-state index contributed by atoms with van der Waals surface area (Å²) in [6.07, 6.45) is 36.1. The van der Waals surface area contributed by atoms with Crippen LogP contribution in [0, 0.1) is 5.41 Å². The molecule has 0 aliphatic heterocycles. The van der Waals surface area contributed by atoms with Crippen molar-refractivity contribution in [1.82, 2.24) is 0 Å². The molecule has 2 heteroatoms. The Kier molecular flexibility index (Phi) is 19.7. The third kappa shape index (κ3) is 17.3. The first-order valence-corrected chi connectivity index (χ1v) is 12.2. The average molecular weight is 427 g/mol. The van der Waals surface area contributed by atoms with Crippen LogP contribution in [-0.2, 0) is 9.53 Å². The number of carbonyl (C=O) groups is 1. The fourth-order valence-corrected chi connectivity index (χ4v) is 3.23. The lowest BCUT2D eigenvalue weighted by molar-refractivity contribution is -0.146. The molecule has 0 saturated carbocycles. The minimum Gasteiger partial charge on any atom is -0.466 e. The van der Waals surface area contributed by atoms with E-state index in [1.54, 1.807) is 0 Å². The fraction of sp³-hybridized carbons (Fsp3) is 0.552. The van der Waals surface area contributed by atoms with E-state index in [-0.39, 0.29) is 11.4 Å². The second-order valence-electron chi connectivity index (χ2n) is 7.81. The third-order valence-electron chi connectivity index (χ3n) is 5.47. The van der Waals surface area contributed by atoms with Gasteiger partial charge in [0.15, 0.2) is 0 Å². The number of hydrogen-bond donors (Lipinski definition) is 0. The zero-order valence-corrected chi connectivity index (χ0v) is 20.5. The van der Waals surface area contributed by atoms with Gasteiger partial charge in [0.1, 0.15) is 0 Å². The van der Waals surface area contributed by atoms with Crippen molar-refractivity contribution >= 4 is 5.97 Å². The van der Waals surface area contributed by atoms with Gasteiger partial charge in [0.25, 0.3) is 0 Å². The third-order valence-corrected chi connectivity index (χ3v) is 5.47. The van der Waals surface area contributed by atoms with E-state index in [0.29, 0.717) is 13.0 Å². The molecule has 0 aliphatic carbocycles. The number of ether oxygens (including phenoxy) is 1. The lowest BCUT2D eigenvalue weighted by atomic mass is 9.76. The largest absolute Gasteiger partial charge is 0.466 e. The first-order chi connectivity index (χ1) is 15.1. The summed E-state index contributed by atoms with van der Waals surface area (Å²) in [5.41, 5.74) is 0.0324. The summed E-state index contributed by atoms with van der Waals surface area (Å²) in [6, 6.07) is 0. The van der Waals surface area contributed by atoms with E-state index < -0.39 is 0 Å². The van der Waals surface area contributed by atoms with Crippen LogP contribution in [-0.4, -0.2) is 12.6 Å². The van der Waals surface area contributed by atoms with Crippen LogP contribution in [0.25, 0.3) is 0 Å². The molecule has 0 bridgehead atoms. The van der Waals surface area contributed by atoms with Gasteiger partial charge in [-0.25, -0.2) is 0 Å². The second kappa shape index (κ2) is 21.2. The second-order valence-corrected chi connectivity index (χ2v) is 7.81. The van der Waals surface area contributed by atoms with Gasteiger partial charge in [-0.15, -0.1) is 0 Å². The predicted octanol–water partition coefficient (Wildman–Crippen LogP) is 8.83. The number of esters is 1. The molecule has 2 nitrogen and oxygen atoms in total. The SMILES string of the molecule is CC/C=C\C/C=C\C/C=C\C/C=C\C/C=C\C/C=C\CC(CC)(CC)CC(=O)OCC. The maximum Gasteiger partial charge on any atom is 0.306 e. The van der Waals surface area contributed by atoms with Crippen molar-refractivity contribution in [3.63, 3.8) is 0 Å². The van der Waals surface area contributed by atoms with Crippen molar-refractivity contribution in [3.05, 3.63) is 72.9 Å². The molecule has 0 fully saturated rings. The van der Waals surface area contributed by atoms with Crippen LogP contribution in [0.3, 0.4) is 0 Å². The molecule has 31 heavy (non-hydrogen) atoms. The van der Waals surface area contributed by atoms with Crippen molar-refractivity contribution in [3.8, 4) is 0 Å². The smallest absolute Gasteiger partial charge is 0.306 e. The van der Waals surface area contributed by atoms with E-state index in [9.17, 15) is 4.79 Å². The van der Waals surface area contributed by atoms with Crippen LogP contribution in [0.15, 0.2) is 72.9 Å². The highest BCUT2D eigenvalue weighted by atomic mass is 16.5. The summed E-state index contributed by atoms with van der Waals surface area (Å²) in [4.78, 5) is 11.9. The van der Waals surface area contributed by atoms with E-state index in [1.165, 1.54) is 0 Å². The molecule has 0 unspecified atom stereocenters. The molecule has 0 aromatic carbocycles. The Balaban J connectivity index is 4.00. The number of allylic oxidation sites excluding steroid dienone is 12. The molecule has 0 N–H and O–H groups in total. The van der Waals surface area contributed by atoms with Crippen LogP contribution in [0.1, 0.15) is 91.9 Å². The summed E-state index contributed by atoms with van der Waals surface area (Å²) in [7, 11) is 0. The summed E-state index contributed by atoms with van der Waals surface area (Å²) < 4.78 is 5.15. The molecule has 0 saturated heterocycles. The Morgan fingerprint density at radius 1 is 0.613 bits per heavy atom. The molecule has 0 atom stereocenters. The normalized spacial score (nSPS) is 13.3. The molecule has 0 aliphatic rings. The first kappa shape index (κ1) is 28.9. The Morgan fingerprint density at radius 2 is 1.00 bits per heavy atom. The Hall–Kier alpha value is -2.09. The maximum absolute atomic E-state index is 11.9. The van der Waals surface area contributed by atoms with Gasteiger partial charge in [0.05, 0.1) is 13.0 Å². The van der Waals surface area contributed by atoms with Crippen molar-refractivity contribution in [2.24, 2.45) is 5.41 Å². The standard InChI is InChI=1S/C29H46O2/c1-5-9-10-11-12-13-14-15-16-17-18-19-20-21-22-23-24-25-26-29(6-2,7-3)27-28(30)31-8-4/h9-10,12-13,15-16,18-19,21-22,24-25H,5-8,11,14,17,20,23,26-27H2,1-4H3/b10-9-,13-12-,16-15-,19-18-,22-21-,25-24-. The molecule has 174 valence electrons. The molecule has 0 spiro atoms. The molecular weight excluding hydrogens is 380 g/mol. The number of rotatable bonds is 18. The van der Waals surface area contributed by atoms with Gasteiger partial charge in [-0.05, 0) is 70.1 Å². The fourth-order valence-electron chi connectivity index (χ4n) is 3.23. The van der Waals surface area contributed by atoms with Gasteiger partial charge in [0.2, 0.25) is 0 Å². The van der Waals surface area contributed by atoms with E-state index in [1.807, 2.05) is 6.92 Å². The average Bonchev–Trinajstić information content (AvgIpc) is 2.77. The van der Waals surface area contributed by atoms with Crippen LogP contribution in [0.4, 0.5) is 0 Å². The maximum atomic E-state index is 11.9. The van der Waals surface area contributed by atoms with Crippen molar-refractivity contribution in [2.45, 2.75) is 91.9 Å². The van der Waals surface area contributed by atoms with Crippen molar-refractivity contribution < 1.29 is 9.53 Å². The minimum absolute atomic E-state index is 0.0324. The van der Waals surface area contributed by atoms with Crippen LogP contribution >= 0.6 is 0 Å². The van der Waals surface area contributed by atoms with Crippen LogP contribution in [0.5, 0.6) is 0 Å². The Bertz CT molecular complexity index is 598. The quantitative estimate of drug-likeness (QED) is 0.162. The molecular formula is C29H46O2. The highest BCUT2D eigenvalue weighted by molar-refractivity contribution is 5.70. The molecule has 0 aromatic heterocycles. The minimum atomic E-state index is -0.0718. The van der Waals surface area contributed by atoms with Crippen molar-refractivity contribution in [2.75, 3.05) is 6.61 Å². The topological polar surface area (TPSA) is 26.3 Å². The zero-order chi connectivity index (χ0) is 23.0. The lowest BCUT2D eigenvalue weighted by Crippen LogP contribution is -2.23. The predicted molar refractivity (Wildman–Crippen MR) is 137 cm³/mol. The highest BCUT2D eigenvalue weighted by Crippen LogP contribution is 2.35. The number of carbonyl (C=O) groups excluding carboxylic acids is 1. The summed E-state index contributed by atoms with van der Waals surface area (Å²) in [5.74, 6) is -0.0718. The highest BCUT2D eigenvalue weighted by Gasteiger charge is 2.28. The summed E-state index contributed by atoms with van der Waals surface area (Å²) in [5, 5.41) is 0. The van der Waals surface area contributed by atoms with Crippen LogP contribution < -0.4 is 0 Å². The van der Waals surface area contributed by atoms with E-state index in [0.717, 1.165) is 57.8 Å². The van der Waals surface area contributed by atoms with E-state index >= 15 is 0 Å². The molecule has 0 aromatic rings. The monoisotopic (exact) mass is 426 g/mol. The van der Waals surface area contributed by atoms with Gasteiger partial charge in [-0.3, -0.25) is 4.79 Å².